The van der Waals surface area contributed by atoms with Crippen LogP contribution >= 0.6 is 0 Å². The van der Waals surface area contributed by atoms with Gasteiger partial charge in [0.15, 0.2) is 0 Å². The average molecular weight is 254 g/mol. The minimum Gasteiger partial charge on any atom is -0.381 e. The van der Waals surface area contributed by atoms with Gasteiger partial charge in [0.25, 0.3) is 5.69 Å². The number of rotatable bonds is 3. The van der Waals surface area contributed by atoms with E-state index in [9.17, 15) is 14.5 Å². The third-order valence-electron chi connectivity index (χ3n) is 3.22. The lowest BCUT2D eigenvalue weighted by Gasteiger charge is -2.32. The highest BCUT2D eigenvalue weighted by molar-refractivity contribution is 5.53. The third-order valence-corrected chi connectivity index (χ3v) is 3.22. The Hall–Kier alpha value is -1.69. The minimum absolute atomic E-state index is 0.209. The molecule has 18 heavy (non-hydrogen) atoms. The molecule has 1 aliphatic heterocycles. The molecular formula is C12H15FN2O3. The zero-order chi connectivity index (χ0) is 13.1. The van der Waals surface area contributed by atoms with Gasteiger partial charge in [0, 0.05) is 32.0 Å². The van der Waals surface area contributed by atoms with Gasteiger partial charge < -0.3 is 9.64 Å². The van der Waals surface area contributed by atoms with E-state index in [0.717, 1.165) is 32.0 Å². The fourth-order valence-corrected chi connectivity index (χ4v) is 2.20. The van der Waals surface area contributed by atoms with Crippen LogP contribution in [-0.2, 0) is 4.74 Å². The van der Waals surface area contributed by atoms with Gasteiger partial charge in [-0.1, -0.05) is 0 Å². The van der Waals surface area contributed by atoms with Crippen LogP contribution in [-0.4, -0.2) is 31.2 Å². The first-order chi connectivity index (χ1) is 8.60. The molecule has 1 aliphatic rings. The number of benzene rings is 1. The maximum atomic E-state index is 13.3. The number of nitro benzene ring substituents is 1. The summed E-state index contributed by atoms with van der Waals surface area (Å²) in [5.74, 6) is -0.576. The van der Waals surface area contributed by atoms with Gasteiger partial charge in [0.05, 0.1) is 17.1 Å². The lowest BCUT2D eigenvalue weighted by molar-refractivity contribution is -0.385. The maximum absolute atomic E-state index is 13.3. The van der Waals surface area contributed by atoms with Crippen LogP contribution in [0.5, 0.6) is 0 Å². The molecule has 0 aliphatic carbocycles. The highest BCUT2D eigenvalue weighted by Gasteiger charge is 2.21. The number of hydrogen-bond donors (Lipinski definition) is 0. The predicted molar refractivity (Wildman–Crippen MR) is 65.3 cm³/mol. The minimum atomic E-state index is -0.576. The number of nitrogens with zero attached hydrogens (tertiary/aromatic N) is 2. The second kappa shape index (κ2) is 5.30. The Morgan fingerprint density at radius 2 is 2.06 bits per heavy atom. The Morgan fingerprint density at radius 1 is 1.39 bits per heavy atom. The maximum Gasteiger partial charge on any atom is 0.274 e. The quantitative estimate of drug-likeness (QED) is 0.613. The molecular weight excluding hydrogens is 239 g/mol. The SMILES string of the molecule is COC1CCN(c2cc(F)cc([N+](=O)[O-])c2)CC1. The molecule has 0 amide bonds. The van der Waals surface area contributed by atoms with Crippen LogP contribution in [0.4, 0.5) is 15.8 Å². The lowest BCUT2D eigenvalue weighted by atomic mass is 10.1. The van der Waals surface area contributed by atoms with Gasteiger partial charge in [-0.3, -0.25) is 10.1 Å². The first-order valence-electron chi connectivity index (χ1n) is 5.83. The van der Waals surface area contributed by atoms with Gasteiger partial charge in [-0.2, -0.15) is 0 Å². The second-order valence-electron chi connectivity index (χ2n) is 4.35. The van der Waals surface area contributed by atoms with E-state index in [1.54, 1.807) is 7.11 Å². The van der Waals surface area contributed by atoms with Crippen molar-refractivity contribution in [1.29, 1.82) is 0 Å². The smallest absolute Gasteiger partial charge is 0.274 e. The first kappa shape index (κ1) is 12.8. The number of non-ortho nitro benzene ring substituents is 1. The van der Waals surface area contributed by atoms with Gasteiger partial charge in [-0.05, 0) is 18.9 Å². The van der Waals surface area contributed by atoms with Crippen LogP contribution in [0.1, 0.15) is 12.8 Å². The molecule has 2 rings (SSSR count). The van der Waals surface area contributed by atoms with Gasteiger partial charge in [0.1, 0.15) is 5.82 Å². The van der Waals surface area contributed by atoms with Crippen molar-refractivity contribution < 1.29 is 14.1 Å². The molecule has 0 atom stereocenters. The van der Waals surface area contributed by atoms with Crippen molar-refractivity contribution in [2.24, 2.45) is 0 Å². The fraction of sp³-hybridized carbons (Fsp3) is 0.500. The Balaban J connectivity index is 2.16. The Labute approximate surface area is 104 Å². The van der Waals surface area contributed by atoms with Gasteiger partial charge in [-0.15, -0.1) is 0 Å². The molecule has 1 fully saturated rings. The zero-order valence-corrected chi connectivity index (χ0v) is 10.1. The van der Waals surface area contributed by atoms with E-state index in [1.807, 2.05) is 4.90 Å². The van der Waals surface area contributed by atoms with Crippen molar-refractivity contribution in [3.63, 3.8) is 0 Å². The topological polar surface area (TPSA) is 55.6 Å². The number of anilines is 1. The Morgan fingerprint density at radius 3 is 2.61 bits per heavy atom. The van der Waals surface area contributed by atoms with Crippen LogP contribution in [0.25, 0.3) is 0 Å². The molecule has 0 radical (unpaired) electrons. The average Bonchev–Trinajstić information content (AvgIpc) is 2.38. The van der Waals surface area contributed by atoms with Crippen molar-refractivity contribution in [3.8, 4) is 0 Å². The summed E-state index contributed by atoms with van der Waals surface area (Å²) in [6.45, 7) is 1.44. The molecule has 1 aromatic rings. The van der Waals surface area contributed by atoms with E-state index in [-0.39, 0.29) is 11.8 Å². The number of halogens is 1. The van der Waals surface area contributed by atoms with E-state index < -0.39 is 10.7 Å². The number of methoxy groups -OCH3 is 1. The molecule has 6 heteroatoms. The number of hydrogen-bond acceptors (Lipinski definition) is 4. The van der Waals surface area contributed by atoms with Crippen LogP contribution in [0.15, 0.2) is 18.2 Å². The molecule has 98 valence electrons. The van der Waals surface area contributed by atoms with Crippen molar-refractivity contribution >= 4 is 11.4 Å². The fourth-order valence-electron chi connectivity index (χ4n) is 2.20. The van der Waals surface area contributed by atoms with Crippen LogP contribution < -0.4 is 4.90 Å². The van der Waals surface area contributed by atoms with Gasteiger partial charge in [-0.25, -0.2) is 4.39 Å². The van der Waals surface area contributed by atoms with Crippen molar-refractivity contribution in [1.82, 2.24) is 0 Å². The normalized spacial score (nSPS) is 16.9. The van der Waals surface area contributed by atoms with Crippen LogP contribution in [0, 0.1) is 15.9 Å². The standard InChI is InChI=1S/C12H15FN2O3/c1-18-12-2-4-14(5-3-12)10-6-9(13)7-11(8-10)15(16)17/h6-8,12H,2-5H2,1H3. The summed E-state index contributed by atoms with van der Waals surface area (Å²) in [4.78, 5) is 12.1. The highest BCUT2D eigenvalue weighted by Crippen LogP contribution is 2.26. The second-order valence-corrected chi connectivity index (χ2v) is 4.35. The largest absolute Gasteiger partial charge is 0.381 e. The molecule has 1 heterocycles. The molecule has 0 aromatic heterocycles. The lowest BCUT2D eigenvalue weighted by Crippen LogP contribution is -2.36. The summed E-state index contributed by atoms with van der Waals surface area (Å²) >= 11 is 0. The van der Waals surface area contributed by atoms with Gasteiger partial charge >= 0.3 is 0 Å². The summed E-state index contributed by atoms with van der Waals surface area (Å²) in [5, 5.41) is 10.7. The molecule has 1 aromatic carbocycles. The predicted octanol–water partition coefficient (Wildman–Crippen LogP) is 2.35. The molecule has 0 spiro atoms. The monoisotopic (exact) mass is 254 g/mol. The molecule has 0 N–H and O–H groups in total. The Bertz CT molecular complexity index is 445. The summed E-state index contributed by atoms with van der Waals surface area (Å²) in [6.07, 6.45) is 1.92. The van der Waals surface area contributed by atoms with E-state index >= 15 is 0 Å². The summed E-state index contributed by atoms with van der Waals surface area (Å²) in [5.41, 5.74) is 0.357. The summed E-state index contributed by atoms with van der Waals surface area (Å²) < 4.78 is 18.6. The molecule has 5 nitrogen and oxygen atoms in total. The molecule has 0 unspecified atom stereocenters. The van der Waals surface area contributed by atoms with Crippen molar-refractivity contribution in [2.75, 3.05) is 25.1 Å². The third kappa shape index (κ3) is 2.76. The van der Waals surface area contributed by atoms with Crippen LogP contribution in [0.2, 0.25) is 0 Å². The molecule has 0 bridgehead atoms. The summed E-state index contributed by atoms with van der Waals surface area (Å²) in [6, 6.07) is 3.68. The van der Waals surface area contributed by atoms with E-state index in [4.69, 9.17) is 4.74 Å². The highest BCUT2D eigenvalue weighted by atomic mass is 19.1. The van der Waals surface area contributed by atoms with Crippen molar-refractivity contribution in [2.45, 2.75) is 18.9 Å². The number of ether oxygens (including phenoxy) is 1. The Kier molecular flexibility index (Phi) is 3.76. The first-order valence-corrected chi connectivity index (χ1v) is 5.83. The molecule has 0 saturated carbocycles. The van der Waals surface area contributed by atoms with Gasteiger partial charge in [0.2, 0.25) is 0 Å². The number of nitro groups is 1. The summed E-state index contributed by atoms with van der Waals surface area (Å²) in [7, 11) is 1.67. The van der Waals surface area contributed by atoms with E-state index in [2.05, 4.69) is 0 Å². The van der Waals surface area contributed by atoms with Crippen molar-refractivity contribution in [3.05, 3.63) is 34.1 Å². The van der Waals surface area contributed by atoms with E-state index in [0.29, 0.717) is 5.69 Å². The van der Waals surface area contributed by atoms with Crippen LogP contribution in [0.3, 0.4) is 0 Å². The van der Waals surface area contributed by atoms with E-state index in [1.165, 1.54) is 12.1 Å². The zero-order valence-electron chi connectivity index (χ0n) is 10.1. The number of piperidine rings is 1. The molecule has 1 saturated heterocycles.